The zero-order chi connectivity index (χ0) is 29.9. The van der Waals surface area contributed by atoms with Crippen LogP contribution in [0.3, 0.4) is 0 Å². The average molecular weight is 604 g/mol. The molecule has 3 saturated carbocycles. The van der Waals surface area contributed by atoms with Crippen molar-refractivity contribution in [2.75, 3.05) is 20.7 Å². The van der Waals surface area contributed by atoms with E-state index in [1.54, 1.807) is 12.1 Å². The molecule has 1 aromatic rings. The number of hydrogen-bond donors (Lipinski definition) is 2. The molecule has 0 radical (unpaired) electrons. The highest BCUT2D eigenvalue weighted by Gasteiger charge is 2.68. The molecule has 232 valence electrons. The van der Waals surface area contributed by atoms with Crippen LogP contribution in [0.1, 0.15) is 70.9 Å². The van der Waals surface area contributed by atoms with Crippen molar-refractivity contribution < 1.29 is 33.8 Å². The maximum absolute atomic E-state index is 13.6. The number of nitrogens with zero attached hydrogens (tertiary/aromatic N) is 1. The molecule has 5 rings (SSSR count). The van der Waals surface area contributed by atoms with Gasteiger partial charge in [0.2, 0.25) is 0 Å². The Morgan fingerprint density at radius 3 is 2.64 bits per heavy atom. The maximum atomic E-state index is 13.6. The number of aliphatic hydroxyl groups excluding tert-OH is 1. The third kappa shape index (κ3) is 5.23. The van der Waals surface area contributed by atoms with Crippen LogP contribution in [0.5, 0.6) is 5.75 Å². The second-order valence-electron chi connectivity index (χ2n) is 13.9. The van der Waals surface area contributed by atoms with Crippen LogP contribution in [-0.2, 0) is 32.1 Å². The Bertz CT molecular complexity index is 1230. The van der Waals surface area contributed by atoms with Crippen molar-refractivity contribution in [2.24, 2.45) is 34.0 Å². The van der Waals surface area contributed by atoms with E-state index in [1.165, 1.54) is 0 Å². The first-order valence-electron chi connectivity index (χ1n) is 15.0. The van der Waals surface area contributed by atoms with E-state index in [4.69, 9.17) is 14.1 Å². The molecule has 2 bridgehead atoms. The Morgan fingerprint density at radius 1 is 1.26 bits per heavy atom. The summed E-state index contributed by atoms with van der Waals surface area (Å²) in [5, 5.41) is 22.0. The fourth-order valence-corrected chi connectivity index (χ4v) is 8.78. The zero-order valence-electron chi connectivity index (χ0n) is 25.9. The van der Waals surface area contributed by atoms with Crippen LogP contribution in [0, 0.1) is 34.0 Å². The summed E-state index contributed by atoms with van der Waals surface area (Å²) >= 11 is 0. The molecule has 3 fully saturated rings. The largest absolute Gasteiger partial charge is 0.491 e. The fraction of sp³-hybridized carbons (Fsp3) is 0.688. The summed E-state index contributed by atoms with van der Waals surface area (Å²) < 4.78 is 17.7. The van der Waals surface area contributed by atoms with Gasteiger partial charge >= 0.3 is 13.1 Å². The second kappa shape index (κ2) is 11.9. The summed E-state index contributed by atoms with van der Waals surface area (Å²) in [6.07, 6.45) is 3.94. The molecule has 10 heteroatoms. The fourth-order valence-electron chi connectivity index (χ4n) is 8.78. The molecule has 0 unspecified atom stereocenters. The Labute approximate surface area is 256 Å². The summed E-state index contributed by atoms with van der Waals surface area (Å²) in [6.45, 7) is 13.1. The number of hydrogen-bond acceptors (Lipinski definition) is 8. The van der Waals surface area contributed by atoms with E-state index in [0.29, 0.717) is 37.2 Å². The molecule has 1 aromatic carbocycles. The first-order chi connectivity index (χ1) is 19.3. The number of halogens is 1. The Kier molecular flexibility index (Phi) is 9.34. The molecule has 42 heavy (non-hydrogen) atoms. The molecule has 0 amide bonds. The predicted molar refractivity (Wildman–Crippen MR) is 164 cm³/mol. The van der Waals surface area contributed by atoms with E-state index in [2.05, 4.69) is 27.4 Å². The smallest absolute Gasteiger partial charge is 0.482 e. The Hall–Kier alpha value is -1.91. The summed E-state index contributed by atoms with van der Waals surface area (Å²) in [6, 6.07) is 3.60. The van der Waals surface area contributed by atoms with Crippen molar-refractivity contribution in [3.8, 4) is 5.75 Å². The van der Waals surface area contributed by atoms with E-state index in [0.717, 1.165) is 30.4 Å². The molecular formula is C32H47BClNO7. The number of fused-ring (bicyclic) bond motifs is 1. The zero-order valence-corrected chi connectivity index (χ0v) is 26.7. The van der Waals surface area contributed by atoms with Crippen molar-refractivity contribution >= 4 is 36.7 Å². The van der Waals surface area contributed by atoms with Gasteiger partial charge in [0.15, 0.2) is 6.61 Å². The molecule has 8 nitrogen and oxygen atoms in total. The van der Waals surface area contributed by atoms with Gasteiger partial charge in [-0.25, -0.2) is 4.79 Å². The summed E-state index contributed by atoms with van der Waals surface area (Å²) in [5.41, 5.74) is 0.975. The van der Waals surface area contributed by atoms with Crippen LogP contribution >= 0.6 is 12.4 Å². The number of carbonyl (C=O) groups is 2. The third-order valence-electron chi connectivity index (χ3n) is 11.4. The molecular weight excluding hydrogens is 557 g/mol. The van der Waals surface area contributed by atoms with E-state index in [9.17, 15) is 19.7 Å². The number of ether oxygens (including phenoxy) is 2. The lowest BCUT2D eigenvalue weighted by atomic mass is 9.44. The lowest BCUT2D eigenvalue weighted by molar-refractivity contribution is -0.207. The molecule has 2 N–H and O–H groups in total. The monoisotopic (exact) mass is 603 g/mol. The van der Waals surface area contributed by atoms with Crippen molar-refractivity contribution in [1.82, 2.24) is 4.90 Å². The number of aliphatic hydroxyl groups is 1. The van der Waals surface area contributed by atoms with Gasteiger partial charge in [-0.1, -0.05) is 33.8 Å². The van der Waals surface area contributed by atoms with Gasteiger partial charge in [-0.05, 0) is 85.8 Å². The van der Waals surface area contributed by atoms with Crippen molar-refractivity contribution in [1.29, 1.82) is 0 Å². The number of ketones is 1. The van der Waals surface area contributed by atoms with Crippen molar-refractivity contribution in [2.45, 2.75) is 85.2 Å². The van der Waals surface area contributed by atoms with Crippen molar-refractivity contribution in [3.63, 3.8) is 0 Å². The van der Waals surface area contributed by atoms with Crippen LogP contribution < -0.4 is 10.2 Å². The van der Waals surface area contributed by atoms with Gasteiger partial charge in [-0.3, -0.25) is 4.79 Å². The minimum absolute atomic E-state index is 0. The van der Waals surface area contributed by atoms with Crippen LogP contribution in [-0.4, -0.2) is 66.8 Å². The molecule has 4 aliphatic rings. The third-order valence-corrected chi connectivity index (χ3v) is 11.4. The SMILES string of the molecule is C=C[C@]1(C)C[C@@H](OC(=O)COc2cc(CN(C)C)c3c(c2)B(O)OC3)[C@@]2(C)[C@@H]3C(=O)CC[C@@]3(CC[C@@H]2C)[C@@H](C)[C@@H]1O.Cl. The number of Topliss-reactive ketones (excluding diaryl/α,β-unsaturated/α-hetero) is 1. The lowest BCUT2D eigenvalue weighted by Gasteiger charge is -2.61. The molecule has 3 aliphatic carbocycles. The summed E-state index contributed by atoms with van der Waals surface area (Å²) in [5.74, 6) is -0.0321. The van der Waals surface area contributed by atoms with Crippen LogP contribution in [0.2, 0.25) is 0 Å². The van der Waals surface area contributed by atoms with Crippen LogP contribution in [0.15, 0.2) is 24.8 Å². The van der Waals surface area contributed by atoms with Gasteiger partial charge < -0.3 is 29.2 Å². The summed E-state index contributed by atoms with van der Waals surface area (Å²) in [7, 11) is 2.90. The number of rotatable bonds is 7. The lowest BCUT2D eigenvalue weighted by Crippen LogP contribution is -2.63. The Balaban J connectivity index is 0.00000405. The highest BCUT2D eigenvalue weighted by atomic mass is 35.5. The quantitative estimate of drug-likeness (QED) is 0.276. The number of benzene rings is 1. The van der Waals surface area contributed by atoms with E-state index in [1.807, 2.05) is 32.0 Å². The summed E-state index contributed by atoms with van der Waals surface area (Å²) in [4.78, 5) is 29.1. The van der Waals surface area contributed by atoms with Gasteiger partial charge in [0, 0.05) is 29.7 Å². The molecule has 0 saturated heterocycles. The van der Waals surface area contributed by atoms with Gasteiger partial charge in [0.25, 0.3) is 0 Å². The van der Waals surface area contributed by atoms with Gasteiger partial charge in [-0.15, -0.1) is 19.0 Å². The van der Waals surface area contributed by atoms with Gasteiger partial charge in [0.1, 0.15) is 17.6 Å². The van der Waals surface area contributed by atoms with Gasteiger partial charge in [0.05, 0.1) is 12.7 Å². The van der Waals surface area contributed by atoms with Crippen molar-refractivity contribution in [3.05, 3.63) is 35.9 Å². The maximum Gasteiger partial charge on any atom is 0.491 e. The van der Waals surface area contributed by atoms with Gasteiger partial charge in [-0.2, -0.15) is 0 Å². The molecule has 0 aromatic heterocycles. The molecule has 1 aliphatic heterocycles. The highest BCUT2D eigenvalue weighted by Crippen LogP contribution is 2.68. The number of esters is 1. The van der Waals surface area contributed by atoms with E-state index >= 15 is 0 Å². The predicted octanol–water partition coefficient (Wildman–Crippen LogP) is 3.67. The minimum atomic E-state index is -1.03. The first kappa shape index (κ1) is 33.0. The molecule has 1 heterocycles. The standard InChI is InChI=1S/C32H46BNO7.ClH/c1-8-30(4)15-26(31(5)19(2)9-11-32(20(3)29(30)37)12-10-25(35)28(31)32)41-27(36)18-39-22-13-21(16-34(6)7)23-17-40-33(38)24(23)14-22;/h8,13-14,19-20,26,28-29,37-38H,1,9-12,15-18H2,2-7H3;1H/t19-,20-,26+,28-,29-,30+,31-,32-;/m0./s1. The second-order valence-corrected chi connectivity index (χ2v) is 13.9. The van der Waals surface area contributed by atoms with Crippen LogP contribution in [0.4, 0.5) is 0 Å². The van der Waals surface area contributed by atoms with Crippen LogP contribution in [0.25, 0.3) is 0 Å². The minimum Gasteiger partial charge on any atom is -0.482 e. The number of carbonyl (C=O) groups excluding carboxylic acids is 2. The topological polar surface area (TPSA) is 106 Å². The molecule has 8 atom stereocenters. The average Bonchev–Trinajstić information content (AvgIpc) is 3.48. The normalized spacial score (nSPS) is 37.3. The Morgan fingerprint density at radius 2 is 1.98 bits per heavy atom. The first-order valence-corrected chi connectivity index (χ1v) is 15.0. The molecule has 0 spiro atoms. The van der Waals surface area contributed by atoms with E-state index < -0.39 is 36.1 Å². The van der Waals surface area contributed by atoms with E-state index in [-0.39, 0.29) is 48.0 Å². The highest BCUT2D eigenvalue weighted by molar-refractivity contribution is 6.61.